The maximum atomic E-state index is 12.8. The van der Waals surface area contributed by atoms with Crippen LogP contribution < -0.4 is 4.90 Å². The van der Waals surface area contributed by atoms with Gasteiger partial charge in [0.2, 0.25) is 0 Å². The standard InChI is InChI=1S/C22H26N4O3/c27-21(25-7-2-1-3-8-25)18-4-6-24-20(12-18)26-9-5-16(15-26)10-17-11-19(22(28)29)14-23-13-17/h4,6,11-14,16H,1-3,5,7-10,15H2,(H,28,29). The molecule has 2 aliphatic heterocycles. The van der Waals surface area contributed by atoms with Gasteiger partial charge in [0.1, 0.15) is 5.82 Å². The van der Waals surface area contributed by atoms with Crippen molar-refractivity contribution in [3.63, 3.8) is 0 Å². The highest BCUT2D eigenvalue weighted by atomic mass is 16.4. The molecular weight excluding hydrogens is 368 g/mol. The number of rotatable bonds is 5. The van der Waals surface area contributed by atoms with E-state index in [0.29, 0.717) is 11.5 Å². The SMILES string of the molecule is O=C(O)c1cncc(CC2CCN(c3cc(C(=O)N4CCCCC4)ccn3)C2)c1. The van der Waals surface area contributed by atoms with E-state index >= 15 is 0 Å². The molecule has 0 aromatic carbocycles. The topological polar surface area (TPSA) is 86.6 Å². The lowest BCUT2D eigenvalue weighted by Gasteiger charge is -2.27. The highest BCUT2D eigenvalue weighted by molar-refractivity contribution is 5.95. The van der Waals surface area contributed by atoms with Gasteiger partial charge in [-0.05, 0) is 61.8 Å². The van der Waals surface area contributed by atoms with Crippen molar-refractivity contribution in [2.75, 3.05) is 31.1 Å². The van der Waals surface area contributed by atoms with Gasteiger partial charge < -0.3 is 14.9 Å². The van der Waals surface area contributed by atoms with Crippen LogP contribution in [0.25, 0.3) is 0 Å². The van der Waals surface area contributed by atoms with Gasteiger partial charge in [0, 0.05) is 50.3 Å². The first-order valence-electron chi connectivity index (χ1n) is 10.3. The van der Waals surface area contributed by atoms with Crippen LogP contribution in [-0.2, 0) is 6.42 Å². The highest BCUT2D eigenvalue weighted by Crippen LogP contribution is 2.26. The molecule has 152 valence electrons. The van der Waals surface area contributed by atoms with Crippen LogP contribution >= 0.6 is 0 Å². The van der Waals surface area contributed by atoms with Crippen molar-refractivity contribution < 1.29 is 14.7 Å². The second kappa shape index (κ2) is 8.59. The molecule has 4 heterocycles. The Morgan fingerprint density at radius 2 is 1.90 bits per heavy atom. The largest absolute Gasteiger partial charge is 0.478 e. The number of anilines is 1. The Labute approximate surface area is 170 Å². The van der Waals surface area contributed by atoms with Crippen molar-refractivity contribution in [2.24, 2.45) is 5.92 Å². The fraction of sp³-hybridized carbons (Fsp3) is 0.455. The fourth-order valence-electron chi connectivity index (χ4n) is 4.26. The summed E-state index contributed by atoms with van der Waals surface area (Å²) in [7, 11) is 0. The van der Waals surface area contributed by atoms with Crippen LogP contribution in [-0.4, -0.2) is 58.0 Å². The monoisotopic (exact) mass is 394 g/mol. The van der Waals surface area contributed by atoms with E-state index in [1.54, 1.807) is 24.5 Å². The molecule has 2 aliphatic rings. The number of carbonyl (C=O) groups excluding carboxylic acids is 1. The third-order valence-electron chi connectivity index (χ3n) is 5.81. The van der Waals surface area contributed by atoms with Gasteiger partial charge in [-0.2, -0.15) is 0 Å². The second-order valence-corrected chi connectivity index (χ2v) is 7.95. The summed E-state index contributed by atoms with van der Waals surface area (Å²) in [4.78, 5) is 36.6. The Hall–Kier alpha value is -2.96. The van der Waals surface area contributed by atoms with Crippen molar-refractivity contribution >= 4 is 17.7 Å². The molecule has 2 fully saturated rings. The molecule has 1 amide bonds. The van der Waals surface area contributed by atoms with Gasteiger partial charge >= 0.3 is 5.97 Å². The van der Waals surface area contributed by atoms with Crippen LogP contribution in [0.5, 0.6) is 0 Å². The lowest BCUT2D eigenvalue weighted by atomic mass is 9.99. The van der Waals surface area contributed by atoms with Crippen molar-refractivity contribution in [1.82, 2.24) is 14.9 Å². The predicted molar refractivity (Wildman–Crippen MR) is 109 cm³/mol. The van der Waals surface area contributed by atoms with E-state index in [0.717, 1.165) is 63.2 Å². The molecule has 29 heavy (non-hydrogen) atoms. The van der Waals surface area contributed by atoms with E-state index in [-0.39, 0.29) is 11.5 Å². The fourth-order valence-corrected chi connectivity index (χ4v) is 4.26. The van der Waals surface area contributed by atoms with Gasteiger partial charge in [-0.25, -0.2) is 9.78 Å². The second-order valence-electron chi connectivity index (χ2n) is 7.95. The molecule has 7 nitrogen and oxygen atoms in total. The molecule has 4 rings (SSSR count). The Balaban J connectivity index is 1.40. The minimum absolute atomic E-state index is 0.0978. The molecule has 1 atom stereocenters. The number of amides is 1. The smallest absolute Gasteiger partial charge is 0.337 e. The average molecular weight is 394 g/mol. The number of carbonyl (C=O) groups is 2. The average Bonchev–Trinajstić information content (AvgIpc) is 3.22. The van der Waals surface area contributed by atoms with Crippen LogP contribution in [0.4, 0.5) is 5.82 Å². The number of hydrogen-bond donors (Lipinski definition) is 1. The third-order valence-corrected chi connectivity index (χ3v) is 5.81. The van der Waals surface area contributed by atoms with Crippen molar-refractivity contribution in [3.8, 4) is 0 Å². The zero-order valence-electron chi connectivity index (χ0n) is 16.5. The lowest BCUT2D eigenvalue weighted by Crippen LogP contribution is -2.35. The summed E-state index contributed by atoms with van der Waals surface area (Å²) in [5.74, 6) is 0.393. The summed E-state index contributed by atoms with van der Waals surface area (Å²) in [5, 5.41) is 9.14. The maximum absolute atomic E-state index is 12.8. The molecular formula is C22H26N4O3. The molecule has 7 heteroatoms. The van der Waals surface area contributed by atoms with Crippen LogP contribution in [0.3, 0.4) is 0 Å². The molecule has 2 aromatic rings. The van der Waals surface area contributed by atoms with Gasteiger partial charge in [-0.15, -0.1) is 0 Å². The number of aromatic nitrogens is 2. The van der Waals surface area contributed by atoms with Gasteiger partial charge in [0.25, 0.3) is 5.91 Å². The van der Waals surface area contributed by atoms with Crippen molar-refractivity contribution in [1.29, 1.82) is 0 Å². The molecule has 0 aliphatic carbocycles. The molecule has 1 N–H and O–H groups in total. The summed E-state index contributed by atoms with van der Waals surface area (Å²) in [6.07, 6.45) is 9.99. The molecule has 0 radical (unpaired) electrons. The van der Waals surface area contributed by atoms with E-state index in [2.05, 4.69) is 14.9 Å². The summed E-state index contributed by atoms with van der Waals surface area (Å²) < 4.78 is 0. The van der Waals surface area contributed by atoms with Crippen molar-refractivity contribution in [2.45, 2.75) is 32.1 Å². The Bertz CT molecular complexity index is 895. The molecule has 0 spiro atoms. The molecule has 1 unspecified atom stereocenters. The summed E-state index contributed by atoms with van der Waals surface area (Å²) in [5.41, 5.74) is 1.88. The molecule has 0 saturated carbocycles. The van der Waals surface area contributed by atoms with Crippen molar-refractivity contribution in [3.05, 3.63) is 53.5 Å². The number of nitrogens with zero attached hydrogens (tertiary/aromatic N) is 4. The van der Waals surface area contributed by atoms with E-state index in [9.17, 15) is 9.59 Å². The first kappa shape index (κ1) is 19.4. The van der Waals surface area contributed by atoms with E-state index in [1.165, 1.54) is 12.6 Å². The molecule has 2 aromatic heterocycles. The van der Waals surface area contributed by atoms with Gasteiger partial charge in [-0.1, -0.05) is 0 Å². The summed E-state index contributed by atoms with van der Waals surface area (Å²) in [6, 6.07) is 5.41. The number of hydrogen-bond acceptors (Lipinski definition) is 5. The number of carboxylic acid groups (broad SMARTS) is 1. The maximum Gasteiger partial charge on any atom is 0.337 e. The van der Waals surface area contributed by atoms with Crippen LogP contribution in [0.2, 0.25) is 0 Å². The number of piperidine rings is 1. The summed E-state index contributed by atoms with van der Waals surface area (Å²) >= 11 is 0. The van der Waals surface area contributed by atoms with E-state index in [1.807, 2.05) is 11.0 Å². The first-order chi connectivity index (χ1) is 14.1. The minimum Gasteiger partial charge on any atom is -0.478 e. The van der Waals surface area contributed by atoms with E-state index < -0.39 is 5.97 Å². The Morgan fingerprint density at radius 1 is 1.07 bits per heavy atom. The quantitative estimate of drug-likeness (QED) is 0.839. The van der Waals surface area contributed by atoms with Gasteiger partial charge in [0.15, 0.2) is 0 Å². The normalized spacial score (nSPS) is 19.4. The lowest BCUT2D eigenvalue weighted by molar-refractivity contribution is 0.0693. The predicted octanol–water partition coefficient (Wildman–Crippen LogP) is 2.87. The van der Waals surface area contributed by atoms with Gasteiger partial charge in [0.05, 0.1) is 5.56 Å². The third kappa shape index (κ3) is 4.55. The highest BCUT2D eigenvalue weighted by Gasteiger charge is 2.25. The Kier molecular flexibility index (Phi) is 5.74. The van der Waals surface area contributed by atoms with Gasteiger partial charge in [-0.3, -0.25) is 9.78 Å². The number of carboxylic acids is 1. The Morgan fingerprint density at radius 3 is 2.69 bits per heavy atom. The zero-order chi connectivity index (χ0) is 20.2. The number of aromatic carboxylic acids is 1. The molecule has 0 bridgehead atoms. The summed E-state index contributed by atoms with van der Waals surface area (Å²) in [6.45, 7) is 3.40. The number of pyridine rings is 2. The minimum atomic E-state index is -0.952. The van der Waals surface area contributed by atoms with E-state index in [4.69, 9.17) is 5.11 Å². The van der Waals surface area contributed by atoms with Crippen LogP contribution in [0, 0.1) is 5.92 Å². The van der Waals surface area contributed by atoms with Crippen LogP contribution in [0.1, 0.15) is 52.0 Å². The number of likely N-dealkylation sites (tertiary alicyclic amines) is 1. The van der Waals surface area contributed by atoms with Crippen LogP contribution in [0.15, 0.2) is 36.8 Å². The zero-order valence-corrected chi connectivity index (χ0v) is 16.5. The molecule has 2 saturated heterocycles. The first-order valence-corrected chi connectivity index (χ1v) is 10.3.